The van der Waals surface area contributed by atoms with Crippen molar-refractivity contribution in [2.24, 2.45) is 0 Å². The van der Waals surface area contributed by atoms with Crippen LogP contribution >= 0.6 is 11.6 Å². The fourth-order valence-electron chi connectivity index (χ4n) is 3.28. The second-order valence-corrected chi connectivity index (χ2v) is 8.31. The van der Waals surface area contributed by atoms with Gasteiger partial charge >= 0.3 is 5.97 Å². The molecule has 0 bridgehead atoms. The third kappa shape index (κ3) is 7.66. The highest BCUT2D eigenvalue weighted by Crippen LogP contribution is 2.35. The zero-order valence-electron chi connectivity index (χ0n) is 19.5. The summed E-state index contributed by atoms with van der Waals surface area (Å²) in [5, 5.41) is 0.505. The number of carbonyl (C=O) groups excluding carboxylic acids is 1. The van der Waals surface area contributed by atoms with Gasteiger partial charge in [-0.1, -0.05) is 17.7 Å². The minimum absolute atomic E-state index is 0.155. The van der Waals surface area contributed by atoms with Gasteiger partial charge in [0.2, 0.25) is 0 Å². The SMILES string of the molecule is COC(=O)CCc1ccc(OCC[C@H](C)Oc2ccc(Cl)cc2Oc2ccc(F)cc2)cc1C. The first-order valence-corrected chi connectivity index (χ1v) is 11.4. The maximum atomic E-state index is 13.2. The summed E-state index contributed by atoms with van der Waals surface area (Å²) < 4.78 is 35.7. The van der Waals surface area contributed by atoms with Crippen LogP contribution in [0.3, 0.4) is 0 Å². The first-order chi connectivity index (χ1) is 16.3. The molecule has 0 saturated heterocycles. The van der Waals surface area contributed by atoms with Crippen LogP contribution < -0.4 is 14.2 Å². The van der Waals surface area contributed by atoms with E-state index < -0.39 is 0 Å². The Morgan fingerprint density at radius 1 is 1.00 bits per heavy atom. The number of esters is 1. The fourth-order valence-corrected chi connectivity index (χ4v) is 3.45. The third-order valence-corrected chi connectivity index (χ3v) is 5.44. The lowest BCUT2D eigenvalue weighted by Crippen LogP contribution is -2.16. The predicted molar refractivity (Wildman–Crippen MR) is 130 cm³/mol. The van der Waals surface area contributed by atoms with Crippen LogP contribution in [0.25, 0.3) is 0 Å². The van der Waals surface area contributed by atoms with Crippen molar-refractivity contribution in [2.75, 3.05) is 13.7 Å². The molecule has 7 heteroatoms. The van der Waals surface area contributed by atoms with E-state index in [1.165, 1.54) is 19.2 Å². The Bertz CT molecular complexity index is 1100. The van der Waals surface area contributed by atoms with Crippen molar-refractivity contribution in [3.63, 3.8) is 0 Å². The van der Waals surface area contributed by atoms with Crippen molar-refractivity contribution < 1.29 is 28.1 Å². The monoisotopic (exact) mass is 486 g/mol. The van der Waals surface area contributed by atoms with Gasteiger partial charge in [0.25, 0.3) is 0 Å². The summed E-state index contributed by atoms with van der Waals surface area (Å²) in [5.74, 6) is 1.67. The largest absolute Gasteiger partial charge is 0.493 e. The molecule has 0 unspecified atom stereocenters. The maximum absolute atomic E-state index is 13.2. The average Bonchev–Trinajstić information content (AvgIpc) is 2.81. The summed E-state index contributed by atoms with van der Waals surface area (Å²) in [6.07, 6.45) is 1.47. The molecular weight excluding hydrogens is 459 g/mol. The zero-order chi connectivity index (χ0) is 24.5. The standard InChI is InChI=1S/C27H28ClFO5/c1-18-16-24(9-4-20(18)5-13-27(30)31-3)32-15-14-19(2)33-25-12-6-21(28)17-26(25)34-23-10-7-22(29)8-11-23/h4,6-12,16-17,19H,5,13-15H2,1-3H3/t19-/m0/s1. The van der Waals surface area contributed by atoms with Gasteiger partial charge in [0.1, 0.15) is 17.3 Å². The average molecular weight is 487 g/mol. The highest BCUT2D eigenvalue weighted by Gasteiger charge is 2.13. The summed E-state index contributed by atoms with van der Waals surface area (Å²) in [7, 11) is 1.39. The molecule has 180 valence electrons. The van der Waals surface area contributed by atoms with Crippen molar-refractivity contribution in [3.05, 3.63) is 82.6 Å². The molecule has 0 radical (unpaired) electrons. The van der Waals surface area contributed by atoms with Gasteiger partial charge < -0.3 is 18.9 Å². The van der Waals surface area contributed by atoms with E-state index in [-0.39, 0.29) is 17.9 Å². The highest BCUT2D eigenvalue weighted by atomic mass is 35.5. The molecule has 5 nitrogen and oxygen atoms in total. The number of hydrogen-bond donors (Lipinski definition) is 0. The Labute approximate surface area is 204 Å². The first-order valence-electron chi connectivity index (χ1n) is 11.0. The smallest absolute Gasteiger partial charge is 0.305 e. The molecule has 3 aromatic carbocycles. The van der Waals surface area contributed by atoms with E-state index >= 15 is 0 Å². The topological polar surface area (TPSA) is 54.0 Å². The van der Waals surface area contributed by atoms with Crippen molar-refractivity contribution in [1.82, 2.24) is 0 Å². The molecule has 0 spiro atoms. The minimum atomic E-state index is -0.338. The molecule has 3 aromatic rings. The van der Waals surface area contributed by atoms with Gasteiger partial charge in [0.15, 0.2) is 11.5 Å². The first kappa shape index (κ1) is 25.4. The number of rotatable bonds is 11. The highest BCUT2D eigenvalue weighted by molar-refractivity contribution is 6.30. The van der Waals surface area contributed by atoms with Crippen LogP contribution in [0.2, 0.25) is 5.02 Å². The van der Waals surface area contributed by atoms with E-state index in [0.29, 0.717) is 48.1 Å². The lowest BCUT2D eigenvalue weighted by Gasteiger charge is -2.18. The number of hydrogen-bond acceptors (Lipinski definition) is 5. The fraction of sp³-hybridized carbons (Fsp3) is 0.296. The Morgan fingerprint density at radius 2 is 1.74 bits per heavy atom. The molecule has 0 aliphatic rings. The van der Waals surface area contributed by atoms with Gasteiger partial charge in [-0.3, -0.25) is 4.79 Å². The number of carbonyl (C=O) groups is 1. The quantitative estimate of drug-likeness (QED) is 0.275. The zero-order valence-corrected chi connectivity index (χ0v) is 20.2. The van der Waals surface area contributed by atoms with E-state index in [1.54, 1.807) is 30.3 Å². The van der Waals surface area contributed by atoms with Gasteiger partial charge in [0.05, 0.1) is 19.8 Å². The van der Waals surface area contributed by atoms with Crippen LogP contribution in [-0.4, -0.2) is 25.8 Å². The third-order valence-electron chi connectivity index (χ3n) is 5.21. The molecule has 3 rings (SSSR count). The van der Waals surface area contributed by atoms with Crippen LogP contribution in [0.4, 0.5) is 4.39 Å². The molecule has 0 saturated carbocycles. The van der Waals surface area contributed by atoms with Gasteiger partial charge in [-0.25, -0.2) is 4.39 Å². The van der Waals surface area contributed by atoms with Gasteiger partial charge in [0, 0.05) is 23.9 Å². The van der Waals surface area contributed by atoms with Crippen LogP contribution in [0.1, 0.15) is 30.9 Å². The molecule has 0 aromatic heterocycles. The molecule has 0 N–H and O–H groups in total. The minimum Gasteiger partial charge on any atom is -0.493 e. The van der Waals surface area contributed by atoms with Crippen LogP contribution in [0.15, 0.2) is 60.7 Å². The van der Waals surface area contributed by atoms with E-state index in [0.717, 1.165) is 16.9 Å². The Hall–Kier alpha value is -3.25. The Balaban J connectivity index is 1.53. The van der Waals surface area contributed by atoms with Gasteiger partial charge in [-0.05, 0) is 79.9 Å². The van der Waals surface area contributed by atoms with Crippen molar-refractivity contribution in [1.29, 1.82) is 0 Å². The van der Waals surface area contributed by atoms with Crippen molar-refractivity contribution >= 4 is 17.6 Å². The molecule has 34 heavy (non-hydrogen) atoms. The Morgan fingerprint density at radius 3 is 2.44 bits per heavy atom. The number of benzene rings is 3. The van der Waals surface area contributed by atoms with Gasteiger partial charge in [-0.15, -0.1) is 0 Å². The number of ether oxygens (including phenoxy) is 4. The van der Waals surface area contributed by atoms with E-state index in [2.05, 4.69) is 0 Å². The summed E-state index contributed by atoms with van der Waals surface area (Å²) >= 11 is 6.12. The second-order valence-electron chi connectivity index (χ2n) is 7.88. The second kappa shape index (κ2) is 12.3. The number of methoxy groups -OCH3 is 1. The van der Waals surface area contributed by atoms with E-state index in [4.69, 9.17) is 30.5 Å². The summed E-state index contributed by atoms with van der Waals surface area (Å²) in [4.78, 5) is 11.4. The van der Waals surface area contributed by atoms with Crippen molar-refractivity contribution in [2.45, 2.75) is 39.2 Å². The molecule has 0 amide bonds. The molecule has 0 aliphatic carbocycles. The maximum Gasteiger partial charge on any atom is 0.305 e. The van der Waals surface area contributed by atoms with E-state index in [9.17, 15) is 9.18 Å². The lowest BCUT2D eigenvalue weighted by molar-refractivity contribution is -0.140. The molecular formula is C27H28ClFO5. The van der Waals surface area contributed by atoms with E-state index in [1.807, 2.05) is 32.0 Å². The summed E-state index contributed by atoms with van der Waals surface area (Å²) in [6.45, 7) is 4.40. The number of aryl methyl sites for hydroxylation is 2. The molecule has 0 fully saturated rings. The van der Waals surface area contributed by atoms with Crippen LogP contribution in [-0.2, 0) is 16.0 Å². The van der Waals surface area contributed by atoms with Gasteiger partial charge in [-0.2, -0.15) is 0 Å². The summed E-state index contributed by atoms with van der Waals surface area (Å²) in [5.41, 5.74) is 2.15. The Kier molecular flexibility index (Phi) is 9.16. The lowest BCUT2D eigenvalue weighted by atomic mass is 10.0. The molecule has 0 heterocycles. The molecule has 1 atom stereocenters. The number of halogens is 2. The summed E-state index contributed by atoms with van der Waals surface area (Å²) in [6, 6.07) is 16.7. The molecule has 0 aliphatic heterocycles. The van der Waals surface area contributed by atoms with Crippen LogP contribution in [0, 0.1) is 12.7 Å². The predicted octanol–water partition coefficient (Wildman–Crippen LogP) is 6.92. The normalized spacial score (nSPS) is 11.6. The van der Waals surface area contributed by atoms with Crippen LogP contribution in [0.5, 0.6) is 23.0 Å². The van der Waals surface area contributed by atoms with Crippen molar-refractivity contribution in [3.8, 4) is 23.0 Å².